The van der Waals surface area contributed by atoms with Gasteiger partial charge in [-0.15, -0.1) is 6.58 Å². The fourth-order valence-corrected chi connectivity index (χ4v) is 4.61. The lowest BCUT2D eigenvalue weighted by Crippen LogP contribution is -2.42. The molecule has 2 aliphatic rings. The third-order valence-corrected chi connectivity index (χ3v) is 4.75. The molecule has 1 nitrogen and oxygen atoms in total. The standard InChI is InChI=1S/C11H18OS/c1-2-6-11(12)7-9-4-3-5-10(8-11)13-9/h2,9-10,12H,1,3-8H2. The molecule has 0 spiro atoms. The van der Waals surface area contributed by atoms with E-state index in [1.165, 1.54) is 19.3 Å². The molecular formula is C11H18OS. The highest BCUT2D eigenvalue weighted by atomic mass is 32.2. The highest BCUT2D eigenvalue weighted by Gasteiger charge is 2.40. The fraction of sp³-hybridized carbons (Fsp3) is 0.818. The minimum atomic E-state index is -0.414. The highest BCUT2D eigenvalue weighted by Crippen LogP contribution is 2.46. The number of thioether (sulfide) groups is 1. The number of hydrogen-bond donors (Lipinski definition) is 1. The average Bonchev–Trinajstić information content (AvgIpc) is 2.02. The zero-order valence-corrected chi connectivity index (χ0v) is 8.85. The molecule has 2 heteroatoms. The SMILES string of the molecule is C=CCC1(O)CC2CCCC(C1)S2. The summed E-state index contributed by atoms with van der Waals surface area (Å²) in [6, 6.07) is 0. The molecule has 0 aromatic carbocycles. The molecule has 74 valence electrons. The molecule has 0 aromatic heterocycles. The molecule has 2 fully saturated rings. The Morgan fingerprint density at radius 1 is 1.38 bits per heavy atom. The molecule has 2 atom stereocenters. The number of aliphatic hydroxyl groups is 1. The molecule has 2 heterocycles. The number of rotatable bonds is 2. The minimum Gasteiger partial charge on any atom is -0.389 e. The topological polar surface area (TPSA) is 20.2 Å². The first-order chi connectivity index (χ1) is 6.22. The van der Waals surface area contributed by atoms with Crippen molar-refractivity contribution < 1.29 is 5.11 Å². The van der Waals surface area contributed by atoms with Crippen LogP contribution >= 0.6 is 11.8 Å². The number of hydrogen-bond acceptors (Lipinski definition) is 2. The Labute approximate surface area is 84.6 Å². The van der Waals surface area contributed by atoms with Gasteiger partial charge in [0.05, 0.1) is 5.60 Å². The number of fused-ring (bicyclic) bond motifs is 2. The van der Waals surface area contributed by atoms with Crippen LogP contribution in [-0.4, -0.2) is 21.2 Å². The summed E-state index contributed by atoms with van der Waals surface area (Å²) in [6.45, 7) is 3.73. The van der Waals surface area contributed by atoms with E-state index in [1.807, 2.05) is 6.08 Å². The summed E-state index contributed by atoms with van der Waals surface area (Å²) in [5.74, 6) is 0. The summed E-state index contributed by atoms with van der Waals surface area (Å²) in [5.41, 5.74) is -0.414. The second-order valence-corrected chi connectivity index (χ2v) is 6.04. The summed E-state index contributed by atoms with van der Waals surface area (Å²) < 4.78 is 0. The quantitative estimate of drug-likeness (QED) is 0.688. The van der Waals surface area contributed by atoms with E-state index in [0.29, 0.717) is 0 Å². The van der Waals surface area contributed by atoms with E-state index < -0.39 is 5.60 Å². The van der Waals surface area contributed by atoms with Crippen LogP contribution in [0.4, 0.5) is 0 Å². The lowest BCUT2D eigenvalue weighted by atomic mass is 9.83. The maximum Gasteiger partial charge on any atom is 0.0703 e. The normalized spacial score (nSPS) is 44.4. The average molecular weight is 198 g/mol. The van der Waals surface area contributed by atoms with Crippen LogP contribution in [0.25, 0.3) is 0 Å². The Kier molecular flexibility index (Phi) is 2.70. The van der Waals surface area contributed by atoms with Crippen molar-refractivity contribution in [1.82, 2.24) is 0 Å². The van der Waals surface area contributed by atoms with E-state index in [9.17, 15) is 5.11 Å². The van der Waals surface area contributed by atoms with Crippen molar-refractivity contribution in [2.45, 2.75) is 54.6 Å². The molecule has 0 aromatic rings. The van der Waals surface area contributed by atoms with E-state index >= 15 is 0 Å². The first-order valence-electron chi connectivity index (χ1n) is 5.21. The van der Waals surface area contributed by atoms with Gasteiger partial charge in [0.1, 0.15) is 0 Å². The van der Waals surface area contributed by atoms with Gasteiger partial charge in [-0.1, -0.05) is 12.5 Å². The van der Waals surface area contributed by atoms with Crippen LogP contribution in [0.5, 0.6) is 0 Å². The maximum atomic E-state index is 10.3. The highest BCUT2D eigenvalue weighted by molar-refractivity contribution is 8.00. The second kappa shape index (κ2) is 3.66. The van der Waals surface area contributed by atoms with Crippen LogP contribution in [0.2, 0.25) is 0 Å². The fourth-order valence-electron chi connectivity index (χ4n) is 2.65. The van der Waals surface area contributed by atoms with Crippen molar-refractivity contribution in [3.05, 3.63) is 12.7 Å². The molecule has 13 heavy (non-hydrogen) atoms. The Bertz CT molecular complexity index is 190. The molecule has 0 amide bonds. The summed E-state index contributed by atoms with van der Waals surface area (Å²) in [5, 5.41) is 11.7. The van der Waals surface area contributed by atoms with Crippen molar-refractivity contribution in [2.75, 3.05) is 0 Å². The van der Waals surface area contributed by atoms with Gasteiger partial charge < -0.3 is 5.11 Å². The van der Waals surface area contributed by atoms with Crippen LogP contribution in [-0.2, 0) is 0 Å². The molecule has 2 aliphatic heterocycles. The van der Waals surface area contributed by atoms with Gasteiger partial charge in [0.25, 0.3) is 0 Å². The maximum absolute atomic E-state index is 10.3. The van der Waals surface area contributed by atoms with Crippen molar-refractivity contribution in [1.29, 1.82) is 0 Å². The van der Waals surface area contributed by atoms with E-state index in [0.717, 1.165) is 29.8 Å². The Hall–Kier alpha value is 0.0500. The van der Waals surface area contributed by atoms with Gasteiger partial charge in [0.15, 0.2) is 0 Å². The smallest absolute Gasteiger partial charge is 0.0703 e. The van der Waals surface area contributed by atoms with Crippen LogP contribution in [0.3, 0.4) is 0 Å². The molecule has 0 aliphatic carbocycles. The molecule has 2 saturated heterocycles. The first-order valence-corrected chi connectivity index (χ1v) is 6.15. The van der Waals surface area contributed by atoms with E-state index in [4.69, 9.17) is 0 Å². The van der Waals surface area contributed by atoms with Crippen LogP contribution in [0.15, 0.2) is 12.7 Å². The molecule has 0 saturated carbocycles. The van der Waals surface area contributed by atoms with Gasteiger partial charge >= 0.3 is 0 Å². The molecule has 0 radical (unpaired) electrons. The van der Waals surface area contributed by atoms with E-state index in [1.54, 1.807) is 0 Å². The molecule has 1 N–H and O–H groups in total. The predicted octanol–water partition coefficient (Wildman–Crippen LogP) is 2.74. The third-order valence-electron chi connectivity index (χ3n) is 3.18. The molecule has 2 unspecified atom stereocenters. The van der Waals surface area contributed by atoms with Gasteiger partial charge in [-0.3, -0.25) is 0 Å². The van der Waals surface area contributed by atoms with Gasteiger partial charge in [-0.05, 0) is 32.1 Å². The van der Waals surface area contributed by atoms with Crippen molar-refractivity contribution in [3.63, 3.8) is 0 Å². The molecular weight excluding hydrogens is 180 g/mol. The van der Waals surface area contributed by atoms with Crippen molar-refractivity contribution in [3.8, 4) is 0 Å². The zero-order valence-electron chi connectivity index (χ0n) is 8.04. The molecule has 2 rings (SSSR count). The van der Waals surface area contributed by atoms with Crippen LogP contribution in [0.1, 0.15) is 38.5 Å². The molecule has 2 bridgehead atoms. The Morgan fingerprint density at radius 2 is 2.00 bits per heavy atom. The van der Waals surface area contributed by atoms with Crippen LogP contribution < -0.4 is 0 Å². The van der Waals surface area contributed by atoms with Crippen molar-refractivity contribution >= 4 is 11.8 Å². The first kappa shape index (κ1) is 9.60. The van der Waals surface area contributed by atoms with E-state index in [2.05, 4.69) is 18.3 Å². The minimum absolute atomic E-state index is 0.414. The van der Waals surface area contributed by atoms with Gasteiger partial charge in [0.2, 0.25) is 0 Å². The zero-order chi connectivity index (χ0) is 9.31. The largest absolute Gasteiger partial charge is 0.389 e. The van der Waals surface area contributed by atoms with Gasteiger partial charge in [-0.25, -0.2) is 0 Å². The summed E-state index contributed by atoms with van der Waals surface area (Å²) in [4.78, 5) is 0. The Morgan fingerprint density at radius 3 is 2.54 bits per heavy atom. The third kappa shape index (κ3) is 2.10. The van der Waals surface area contributed by atoms with Crippen molar-refractivity contribution in [2.24, 2.45) is 0 Å². The Balaban J connectivity index is 2.03. The summed E-state index contributed by atoms with van der Waals surface area (Å²) >= 11 is 2.11. The van der Waals surface area contributed by atoms with E-state index in [-0.39, 0.29) is 0 Å². The van der Waals surface area contributed by atoms with Gasteiger partial charge in [0, 0.05) is 10.5 Å². The van der Waals surface area contributed by atoms with Crippen LogP contribution in [0, 0.1) is 0 Å². The van der Waals surface area contributed by atoms with Gasteiger partial charge in [-0.2, -0.15) is 11.8 Å². The lowest BCUT2D eigenvalue weighted by molar-refractivity contribution is 0.0156. The summed E-state index contributed by atoms with van der Waals surface area (Å²) in [6.07, 6.45) is 8.60. The predicted molar refractivity (Wildman–Crippen MR) is 58.0 cm³/mol. The summed E-state index contributed by atoms with van der Waals surface area (Å²) in [7, 11) is 0. The lowest BCUT2D eigenvalue weighted by Gasteiger charge is -2.43. The second-order valence-electron chi connectivity index (χ2n) is 4.44. The monoisotopic (exact) mass is 198 g/mol.